The quantitative estimate of drug-likeness (QED) is 0.861. The van der Waals surface area contributed by atoms with Gasteiger partial charge >= 0.3 is 0 Å². The van der Waals surface area contributed by atoms with E-state index >= 15 is 0 Å². The van der Waals surface area contributed by atoms with Gasteiger partial charge in [0, 0.05) is 10.5 Å². The molecule has 0 heterocycles. The first kappa shape index (κ1) is 10.2. The number of hydrogen-bond donors (Lipinski definition) is 1. The maximum absolute atomic E-state index is 5.89. The molecule has 1 aromatic carbocycles. The maximum Gasteiger partial charge on any atom is 0.0212 e. The Bertz CT molecular complexity index is 346. The van der Waals surface area contributed by atoms with Crippen LogP contribution in [-0.4, -0.2) is 6.04 Å². The largest absolute Gasteiger partial charge is 0.328 e. The Morgan fingerprint density at radius 3 is 2.71 bits per heavy atom. The summed E-state index contributed by atoms with van der Waals surface area (Å²) in [6.07, 6.45) is 1.25. The van der Waals surface area contributed by atoms with E-state index in [4.69, 9.17) is 5.73 Å². The summed E-state index contributed by atoms with van der Waals surface area (Å²) in [5, 5.41) is 0. The van der Waals surface area contributed by atoms with Crippen molar-refractivity contribution in [2.75, 3.05) is 0 Å². The van der Waals surface area contributed by atoms with Crippen LogP contribution in [0.1, 0.15) is 30.4 Å². The first-order valence-electron chi connectivity index (χ1n) is 5.11. The monoisotopic (exact) mass is 253 g/mol. The Hall–Kier alpha value is -0.340. The van der Waals surface area contributed by atoms with E-state index in [0.29, 0.717) is 17.9 Å². The molecule has 0 amide bonds. The summed E-state index contributed by atoms with van der Waals surface area (Å²) < 4.78 is 1.24. The molecule has 0 radical (unpaired) electrons. The molecule has 0 aliphatic heterocycles. The summed E-state index contributed by atoms with van der Waals surface area (Å²) in [4.78, 5) is 0. The fourth-order valence-corrected chi connectivity index (χ4v) is 2.87. The standard InChI is InChI=1S/C12H16BrN/c1-7-3-4-9(12(13)5-7)11-6-10(11)8(2)14/h3-5,8,10-11H,6,14H2,1-2H3. The molecule has 1 aliphatic carbocycles. The van der Waals surface area contributed by atoms with Crippen LogP contribution in [0.25, 0.3) is 0 Å². The number of aryl methyl sites for hydroxylation is 1. The lowest BCUT2D eigenvalue weighted by Crippen LogP contribution is -2.18. The van der Waals surface area contributed by atoms with E-state index in [9.17, 15) is 0 Å². The molecule has 1 fully saturated rings. The molecule has 2 rings (SSSR count). The van der Waals surface area contributed by atoms with E-state index in [1.807, 2.05) is 0 Å². The van der Waals surface area contributed by atoms with Crippen LogP contribution in [-0.2, 0) is 0 Å². The first-order valence-corrected chi connectivity index (χ1v) is 5.90. The maximum atomic E-state index is 5.89. The smallest absolute Gasteiger partial charge is 0.0212 e. The molecule has 0 saturated heterocycles. The highest BCUT2D eigenvalue weighted by Gasteiger charge is 2.41. The molecule has 2 heteroatoms. The predicted molar refractivity (Wildman–Crippen MR) is 63.4 cm³/mol. The summed E-state index contributed by atoms with van der Waals surface area (Å²) in [6, 6.07) is 6.92. The van der Waals surface area contributed by atoms with Gasteiger partial charge in [-0.3, -0.25) is 0 Å². The molecule has 1 nitrogen and oxygen atoms in total. The molecule has 14 heavy (non-hydrogen) atoms. The van der Waals surface area contributed by atoms with Gasteiger partial charge in [-0.15, -0.1) is 0 Å². The second kappa shape index (κ2) is 3.67. The van der Waals surface area contributed by atoms with Crippen LogP contribution in [0.3, 0.4) is 0 Å². The van der Waals surface area contributed by atoms with Crippen LogP contribution >= 0.6 is 15.9 Å². The second-order valence-electron chi connectivity index (χ2n) is 4.39. The molecule has 1 aliphatic rings. The van der Waals surface area contributed by atoms with E-state index in [2.05, 4.69) is 48.0 Å². The van der Waals surface area contributed by atoms with Gasteiger partial charge in [0.25, 0.3) is 0 Å². The molecule has 3 unspecified atom stereocenters. The van der Waals surface area contributed by atoms with Crippen LogP contribution in [0.2, 0.25) is 0 Å². The van der Waals surface area contributed by atoms with Gasteiger partial charge in [-0.1, -0.05) is 28.1 Å². The predicted octanol–water partition coefficient (Wildman–Crippen LogP) is 3.21. The van der Waals surface area contributed by atoms with Gasteiger partial charge in [0.1, 0.15) is 0 Å². The minimum absolute atomic E-state index is 0.327. The van der Waals surface area contributed by atoms with E-state index in [-0.39, 0.29) is 0 Å². The summed E-state index contributed by atoms with van der Waals surface area (Å²) >= 11 is 3.62. The Kier molecular flexibility index (Phi) is 2.67. The number of hydrogen-bond acceptors (Lipinski definition) is 1. The highest BCUT2D eigenvalue weighted by atomic mass is 79.9. The van der Waals surface area contributed by atoms with Gasteiger partial charge < -0.3 is 5.73 Å². The molecule has 0 spiro atoms. The Labute approximate surface area is 93.8 Å². The van der Waals surface area contributed by atoms with E-state index in [1.54, 1.807) is 0 Å². The normalized spacial score (nSPS) is 27.4. The van der Waals surface area contributed by atoms with Crippen molar-refractivity contribution < 1.29 is 0 Å². The van der Waals surface area contributed by atoms with Crippen molar-refractivity contribution in [1.82, 2.24) is 0 Å². The zero-order valence-corrected chi connectivity index (χ0v) is 10.2. The van der Waals surface area contributed by atoms with Crippen LogP contribution in [0, 0.1) is 12.8 Å². The molecule has 76 valence electrons. The van der Waals surface area contributed by atoms with E-state index in [1.165, 1.54) is 22.0 Å². The van der Waals surface area contributed by atoms with E-state index < -0.39 is 0 Å². The third kappa shape index (κ3) is 1.86. The molecule has 2 N–H and O–H groups in total. The van der Waals surface area contributed by atoms with Gasteiger partial charge in [-0.25, -0.2) is 0 Å². The summed E-state index contributed by atoms with van der Waals surface area (Å²) in [5.74, 6) is 1.37. The van der Waals surface area contributed by atoms with Gasteiger partial charge in [0.15, 0.2) is 0 Å². The SMILES string of the molecule is Cc1ccc(C2CC2C(C)N)c(Br)c1. The van der Waals surface area contributed by atoms with Crippen molar-refractivity contribution in [2.45, 2.75) is 32.2 Å². The summed E-state index contributed by atoms with van der Waals surface area (Å²) in [7, 11) is 0. The minimum Gasteiger partial charge on any atom is -0.328 e. The average molecular weight is 254 g/mol. The molecule has 0 aromatic heterocycles. The van der Waals surface area contributed by atoms with Crippen LogP contribution in [0.5, 0.6) is 0 Å². The lowest BCUT2D eigenvalue weighted by atomic mass is 10.1. The molecule has 1 aromatic rings. The van der Waals surface area contributed by atoms with Gasteiger partial charge in [-0.05, 0) is 49.3 Å². The van der Waals surface area contributed by atoms with Gasteiger partial charge in [0.05, 0.1) is 0 Å². The van der Waals surface area contributed by atoms with E-state index in [0.717, 1.165) is 0 Å². The average Bonchev–Trinajstić information content (AvgIpc) is 2.83. The number of nitrogens with two attached hydrogens (primary N) is 1. The van der Waals surface area contributed by atoms with Crippen molar-refractivity contribution in [2.24, 2.45) is 11.7 Å². The molecule has 0 bridgehead atoms. The third-order valence-electron chi connectivity index (χ3n) is 3.07. The van der Waals surface area contributed by atoms with Crippen molar-refractivity contribution >= 4 is 15.9 Å². The molecular formula is C12H16BrN. The highest BCUT2D eigenvalue weighted by Crippen LogP contribution is 2.50. The Morgan fingerprint density at radius 2 is 2.21 bits per heavy atom. The second-order valence-corrected chi connectivity index (χ2v) is 5.24. The number of benzene rings is 1. The number of halogens is 1. The molecular weight excluding hydrogens is 238 g/mol. The first-order chi connectivity index (χ1) is 6.59. The summed E-state index contributed by atoms with van der Waals surface area (Å²) in [6.45, 7) is 4.22. The Morgan fingerprint density at radius 1 is 1.50 bits per heavy atom. The number of rotatable bonds is 2. The molecule has 1 saturated carbocycles. The lowest BCUT2D eigenvalue weighted by Gasteiger charge is -2.06. The summed E-state index contributed by atoms with van der Waals surface area (Å²) in [5.41, 5.74) is 8.62. The van der Waals surface area contributed by atoms with Crippen molar-refractivity contribution in [3.63, 3.8) is 0 Å². The van der Waals surface area contributed by atoms with Crippen LogP contribution in [0.15, 0.2) is 22.7 Å². The fourth-order valence-electron chi connectivity index (χ4n) is 2.09. The third-order valence-corrected chi connectivity index (χ3v) is 3.76. The zero-order chi connectivity index (χ0) is 10.3. The van der Waals surface area contributed by atoms with Gasteiger partial charge in [-0.2, -0.15) is 0 Å². The highest BCUT2D eigenvalue weighted by molar-refractivity contribution is 9.10. The minimum atomic E-state index is 0.327. The van der Waals surface area contributed by atoms with Gasteiger partial charge in [0.2, 0.25) is 0 Å². The Balaban J connectivity index is 2.19. The topological polar surface area (TPSA) is 26.0 Å². The fraction of sp³-hybridized carbons (Fsp3) is 0.500. The van der Waals surface area contributed by atoms with Crippen molar-refractivity contribution in [1.29, 1.82) is 0 Å². The zero-order valence-electron chi connectivity index (χ0n) is 8.63. The molecule has 3 atom stereocenters. The van der Waals surface area contributed by atoms with Crippen molar-refractivity contribution in [3.05, 3.63) is 33.8 Å². The van der Waals surface area contributed by atoms with Crippen LogP contribution in [0.4, 0.5) is 0 Å². The lowest BCUT2D eigenvalue weighted by molar-refractivity contribution is 0.631. The van der Waals surface area contributed by atoms with Crippen LogP contribution < -0.4 is 5.73 Å². The van der Waals surface area contributed by atoms with Crippen molar-refractivity contribution in [3.8, 4) is 0 Å².